The Bertz CT molecular complexity index is 891. The minimum atomic E-state index is -0.850. The van der Waals surface area contributed by atoms with E-state index in [1.165, 1.54) is 4.90 Å². The van der Waals surface area contributed by atoms with Gasteiger partial charge in [0.25, 0.3) is 0 Å². The molecule has 0 bridgehead atoms. The summed E-state index contributed by atoms with van der Waals surface area (Å²) in [4.78, 5) is 43.5. The molecular weight excluding hydrogens is 380 g/mol. The first-order chi connectivity index (χ1) is 14.1. The number of rotatable bonds is 8. The second-order valence-corrected chi connectivity index (χ2v) is 8.18. The molecule has 160 valence electrons. The molecule has 7 heteroatoms. The fourth-order valence-corrected chi connectivity index (χ4v) is 3.39. The molecule has 0 fully saturated rings. The van der Waals surface area contributed by atoms with Crippen LogP contribution in [0, 0.1) is 5.41 Å². The number of nitrogens with one attached hydrogen (secondary N) is 1. The van der Waals surface area contributed by atoms with E-state index in [4.69, 9.17) is 5.73 Å². The molecule has 0 radical (unpaired) electrons. The zero-order valence-electron chi connectivity index (χ0n) is 18.0. The SMILES string of the molecule is CCc1ccccc1N(C(=O)CCC(=O)Nc1ccccn1)C(C(N)=O)C(C)(C)C. The molecule has 1 atom stereocenters. The third-order valence-corrected chi connectivity index (χ3v) is 4.75. The number of amides is 3. The molecule has 2 rings (SSSR count). The van der Waals surface area contributed by atoms with Gasteiger partial charge in [0.1, 0.15) is 11.9 Å². The van der Waals surface area contributed by atoms with E-state index < -0.39 is 17.4 Å². The molecular formula is C23H30N4O3. The molecule has 0 spiro atoms. The molecule has 1 aromatic carbocycles. The summed E-state index contributed by atoms with van der Waals surface area (Å²) in [6.07, 6.45) is 2.17. The number of primary amides is 1. The maximum Gasteiger partial charge on any atom is 0.241 e. The first-order valence-electron chi connectivity index (χ1n) is 10.0. The second kappa shape index (κ2) is 10.0. The minimum absolute atomic E-state index is 0.0319. The normalized spacial score (nSPS) is 12.1. The Kier molecular flexibility index (Phi) is 7.69. The van der Waals surface area contributed by atoms with Crippen molar-refractivity contribution in [1.82, 2.24) is 4.98 Å². The molecule has 2 aromatic rings. The third kappa shape index (κ3) is 5.89. The zero-order chi connectivity index (χ0) is 22.3. The largest absolute Gasteiger partial charge is 0.368 e. The number of pyridine rings is 1. The van der Waals surface area contributed by atoms with Crippen molar-refractivity contribution >= 4 is 29.2 Å². The van der Waals surface area contributed by atoms with Crippen LogP contribution in [0.5, 0.6) is 0 Å². The fraction of sp³-hybridized carbons (Fsp3) is 0.391. The van der Waals surface area contributed by atoms with E-state index >= 15 is 0 Å². The van der Waals surface area contributed by atoms with Crippen LogP contribution in [0.2, 0.25) is 0 Å². The Morgan fingerprint density at radius 3 is 2.30 bits per heavy atom. The summed E-state index contributed by atoms with van der Waals surface area (Å²) in [5, 5.41) is 2.67. The average Bonchev–Trinajstić information content (AvgIpc) is 2.69. The highest BCUT2D eigenvalue weighted by Gasteiger charge is 2.39. The third-order valence-electron chi connectivity index (χ3n) is 4.75. The molecule has 3 amide bonds. The van der Waals surface area contributed by atoms with Crippen molar-refractivity contribution in [3.8, 4) is 0 Å². The maximum absolute atomic E-state index is 13.3. The highest BCUT2D eigenvalue weighted by Crippen LogP contribution is 2.32. The van der Waals surface area contributed by atoms with E-state index in [2.05, 4.69) is 10.3 Å². The van der Waals surface area contributed by atoms with E-state index in [-0.39, 0.29) is 24.7 Å². The van der Waals surface area contributed by atoms with Crippen LogP contribution >= 0.6 is 0 Å². The van der Waals surface area contributed by atoms with E-state index in [1.54, 1.807) is 24.4 Å². The van der Waals surface area contributed by atoms with Gasteiger partial charge in [-0.15, -0.1) is 0 Å². The fourth-order valence-electron chi connectivity index (χ4n) is 3.39. The van der Waals surface area contributed by atoms with Crippen molar-refractivity contribution in [3.63, 3.8) is 0 Å². The van der Waals surface area contributed by atoms with Gasteiger partial charge in [-0.05, 0) is 35.6 Å². The minimum Gasteiger partial charge on any atom is -0.368 e. The van der Waals surface area contributed by atoms with Gasteiger partial charge >= 0.3 is 0 Å². The predicted molar refractivity (Wildman–Crippen MR) is 118 cm³/mol. The second-order valence-electron chi connectivity index (χ2n) is 8.18. The van der Waals surface area contributed by atoms with Crippen LogP contribution in [0.3, 0.4) is 0 Å². The summed E-state index contributed by atoms with van der Waals surface area (Å²) in [5.41, 5.74) is 6.72. The highest BCUT2D eigenvalue weighted by atomic mass is 16.2. The van der Waals surface area contributed by atoms with Crippen molar-refractivity contribution in [3.05, 3.63) is 54.2 Å². The molecule has 1 heterocycles. The lowest BCUT2D eigenvalue weighted by molar-refractivity contribution is -0.127. The van der Waals surface area contributed by atoms with E-state index in [1.807, 2.05) is 52.0 Å². The van der Waals surface area contributed by atoms with Gasteiger partial charge < -0.3 is 11.1 Å². The molecule has 0 saturated heterocycles. The number of nitrogens with two attached hydrogens (primary N) is 1. The summed E-state index contributed by atoms with van der Waals surface area (Å²) < 4.78 is 0. The van der Waals surface area contributed by atoms with Crippen LogP contribution in [-0.2, 0) is 20.8 Å². The van der Waals surface area contributed by atoms with Crippen LogP contribution in [0.1, 0.15) is 46.1 Å². The molecule has 0 aliphatic carbocycles. The van der Waals surface area contributed by atoms with Crippen molar-refractivity contribution in [2.45, 2.75) is 53.0 Å². The van der Waals surface area contributed by atoms with Crippen molar-refractivity contribution < 1.29 is 14.4 Å². The lowest BCUT2D eigenvalue weighted by Crippen LogP contribution is -2.55. The summed E-state index contributed by atoms with van der Waals surface area (Å²) in [6.45, 7) is 7.58. The number of anilines is 2. The summed E-state index contributed by atoms with van der Waals surface area (Å²) in [5.74, 6) is -0.810. The Morgan fingerprint density at radius 2 is 1.73 bits per heavy atom. The molecule has 3 N–H and O–H groups in total. The van der Waals surface area contributed by atoms with Crippen LogP contribution in [0.25, 0.3) is 0 Å². The molecule has 0 aliphatic rings. The van der Waals surface area contributed by atoms with Crippen LogP contribution in [-0.4, -0.2) is 28.7 Å². The number of hydrogen-bond donors (Lipinski definition) is 2. The highest BCUT2D eigenvalue weighted by molar-refractivity contribution is 6.03. The Labute approximate surface area is 177 Å². The summed E-state index contributed by atoms with van der Waals surface area (Å²) in [6, 6.07) is 11.8. The van der Waals surface area contributed by atoms with Crippen molar-refractivity contribution in [2.75, 3.05) is 10.2 Å². The zero-order valence-corrected chi connectivity index (χ0v) is 18.0. The lowest BCUT2D eigenvalue weighted by Gasteiger charge is -2.39. The molecule has 0 saturated carbocycles. The number of carbonyl (C=O) groups is 3. The molecule has 30 heavy (non-hydrogen) atoms. The Morgan fingerprint density at radius 1 is 1.07 bits per heavy atom. The predicted octanol–water partition coefficient (Wildman–Crippen LogP) is 3.30. The first kappa shape index (κ1) is 23.1. The van der Waals surface area contributed by atoms with Crippen LogP contribution < -0.4 is 16.0 Å². The first-order valence-corrected chi connectivity index (χ1v) is 10.0. The molecule has 7 nitrogen and oxygen atoms in total. The molecule has 1 unspecified atom stereocenters. The number of hydrogen-bond acceptors (Lipinski definition) is 4. The number of nitrogens with zero attached hydrogens (tertiary/aromatic N) is 2. The summed E-state index contributed by atoms with van der Waals surface area (Å²) >= 11 is 0. The van der Waals surface area contributed by atoms with Crippen LogP contribution in [0.15, 0.2) is 48.7 Å². The van der Waals surface area contributed by atoms with E-state index in [9.17, 15) is 14.4 Å². The molecule has 1 aromatic heterocycles. The van der Waals surface area contributed by atoms with Gasteiger partial charge in [0, 0.05) is 24.7 Å². The number of para-hydroxylation sites is 1. The van der Waals surface area contributed by atoms with Crippen LogP contribution in [0.4, 0.5) is 11.5 Å². The van der Waals surface area contributed by atoms with Gasteiger partial charge in [-0.2, -0.15) is 0 Å². The van der Waals surface area contributed by atoms with E-state index in [0.717, 1.165) is 5.56 Å². The number of carbonyl (C=O) groups excluding carboxylic acids is 3. The van der Waals surface area contributed by atoms with Gasteiger partial charge in [-0.3, -0.25) is 19.3 Å². The standard InChI is InChI=1S/C23H30N4O3/c1-5-16-10-6-7-11-17(16)27(21(22(24)30)23(2,3)4)20(29)14-13-19(28)26-18-12-8-9-15-25-18/h6-12,15,21H,5,13-14H2,1-4H3,(H2,24,30)(H,25,26,28). The monoisotopic (exact) mass is 410 g/mol. The maximum atomic E-state index is 13.3. The van der Waals surface area contributed by atoms with Gasteiger partial charge in [-0.1, -0.05) is 52.0 Å². The Balaban J connectivity index is 2.28. The van der Waals surface area contributed by atoms with Gasteiger partial charge in [-0.25, -0.2) is 4.98 Å². The van der Waals surface area contributed by atoms with Crippen molar-refractivity contribution in [1.29, 1.82) is 0 Å². The molecule has 0 aliphatic heterocycles. The number of aromatic nitrogens is 1. The Hall–Kier alpha value is -3.22. The van der Waals surface area contributed by atoms with E-state index in [0.29, 0.717) is 17.9 Å². The quantitative estimate of drug-likeness (QED) is 0.696. The van der Waals surface area contributed by atoms with Gasteiger partial charge in [0.2, 0.25) is 17.7 Å². The smallest absolute Gasteiger partial charge is 0.241 e. The van der Waals surface area contributed by atoms with Gasteiger partial charge in [0.05, 0.1) is 0 Å². The lowest BCUT2D eigenvalue weighted by atomic mass is 9.84. The number of aryl methyl sites for hydroxylation is 1. The number of benzene rings is 1. The topological polar surface area (TPSA) is 105 Å². The van der Waals surface area contributed by atoms with Crippen molar-refractivity contribution in [2.24, 2.45) is 11.1 Å². The van der Waals surface area contributed by atoms with Gasteiger partial charge in [0.15, 0.2) is 0 Å². The average molecular weight is 411 g/mol. The summed E-state index contributed by atoms with van der Waals surface area (Å²) in [7, 11) is 0.